The molecule has 1 amide bonds. The summed E-state index contributed by atoms with van der Waals surface area (Å²) >= 11 is 1.64. The molecule has 2 N–H and O–H groups in total. The highest BCUT2D eigenvalue weighted by Crippen LogP contribution is 2.47. The van der Waals surface area contributed by atoms with Gasteiger partial charge in [0.25, 0.3) is 0 Å². The van der Waals surface area contributed by atoms with Gasteiger partial charge in [-0.05, 0) is 31.2 Å². The number of benzene rings is 2. The Labute approximate surface area is 121 Å². The molecule has 3 rings (SSSR count). The standard InChI is InChI=1S/C15H14N2O2S/c1-2-19-15(18)17-12-8-5-7-11-14(12)20-13-9-4-3-6-10(13)16-11/h3-9,16H,2H2,1H3,(H,17,18). The molecule has 0 spiro atoms. The predicted octanol–water partition coefficient (Wildman–Crippen LogP) is 4.46. The fourth-order valence-electron chi connectivity index (χ4n) is 2.03. The number of hydrogen-bond donors (Lipinski definition) is 2. The van der Waals surface area contributed by atoms with Crippen molar-refractivity contribution in [2.24, 2.45) is 0 Å². The number of nitrogens with one attached hydrogen (secondary N) is 2. The van der Waals surface area contributed by atoms with Gasteiger partial charge >= 0.3 is 6.09 Å². The third-order valence-corrected chi connectivity index (χ3v) is 4.12. The number of ether oxygens (including phenoxy) is 1. The number of carbonyl (C=O) groups is 1. The second-order valence-corrected chi connectivity index (χ2v) is 5.30. The molecular weight excluding hydrogens is 272 g/mol. The van der Waals surface area contributed by atoms with Gasteiger partial charge in [-0.15, -0.1) is 0 Å². The van der Waals surface area contributed by atoms with Gasteiger partial charge in [0.1, 0.15) is 0 Å². The molecule has 0 atom stereocenters. The Morgan fingerprint density at radius 1 is 1.20 bits per heavy atom. The van der Waals surface area contributed by atoms with Crippen LogP contribution >= 0.6 is 11.8 Å². The highest BCUT2D eigenvalue weighted by atomic mass is 32.2. The van der Waals surface area contributed by atoms with Crippen molar-refractivity contribution < 1.29 is 9.53 Å². The Kier molecular flexibility index (Phi) is 3.52. The second kappa shape index (κ2) is 5.46. The minimum absolute atomic E-state index is 0.356. The molecule has 1 heterocycles. The number of fused-ring (bicyclic) bond motifs is 2. The maximum absolute atomic E-state index is 11.6. The molecule has 0 bridgehead atoms. The van der Waals surface area contributed by atoms with Gasteiger partial charge in [0.05, 0.1) is 28.6 Å². The first kappa shape index (κ1) is 12.9. The van der Waals surface area contributed by atoms with E-state index in [1.807, 2.05) is 36.4 Å². The van der Waals surface area contributed by atoms with E-state index in [1.165, 1.54) is 0 Å². The van der Waals surface area contributed by atoms with E-state index in [1.54, 1.807) is 18.7 Å². The number of carbonyl (C=O) groups excluding carboxylic acids is 1. The summed E-state index contributed by atoms with van der Waals surface area (Å²) < 4.78 is 4.93. The van der Waals surface area contributed by atoms with Crippen molar-refractivity contribution in [2.45, 2.75) is 16.7 Å². The van der Waals surface area contributed by atoms with Gasteiger partial charge < -0.3 is 10.1 Å². The number of para-hydroxylation sites is 1. The van der Waals surface area contributed by atoms with Gasteiger partial charge in [0.15, 0.2) is 0 Å². The van der Waals surface area contributed by atoms with Crippen molar-refractivity contribution in [3.8, 4) is 0 Å². The smallest absolute Gasteiger partial charge is 0.411 e. The average molecular weight is 286 g/mol. The molecule has 4 nitrogen and oxygen atoms in total. The van der Waals surface area contributed by atoms with E-state index in [0.29, 0.717) is 6.61 Å². The SMILES string of the molecule is CCOC(=O)Nc1cccc2c1Sc1ccccc1N2. The second-order valence-electron chi connectivity index (χ2n) is 4.25. The molecule has 2 aromatic rings. The van der Waals surface area contributed by atoms with E-state index in [0.717, 1.165) is 26.9 Å². The van der Waals surface area contributed by atoms with Crippen LogP contribution < -0.4 is 10.6 Å². The lowest BCUT2D eigenvalue weighted by molar-refractivity contribution is 0.168. The largest absolute Gasteiger partial charge is 0.450 e. The third-order valence-electron chi connectivity index (χ3n) is 2.90. The summed E-state index contributed by atoms with van der Waals surface area (Å²) in [5.41, 5.74) is 2.83. The molecule has 0 saturated carbocycles. The van der Waals surface area contributed by atoms with Crippen LogP contribution in [0.3, 0.4) is 0 Å². The Bertz CT molecular complexity index is 658. The van der Waals surface area contributed by atoms with Gasteiger partial charge in [0, 0.05) is 4.90 Å². The molecule has 0 aromatic heterocycles. The lowest BCUT2D eigenvalue weighted by Crippen LogP contribution is -2.14. The van der Waals surface area contributed by atoms with Crippen LogP contribution in [0.4, 0.5) is 21.9 Å². The first-order chi connectivity index (χ1) is 9.78. The van der Waals surface area contributed by atoms with Crippen molar-refractivity contribution in [3.05, 3.63) is 42.5 Å². The summed E-state index contributed by atoms with van der Waals surface area (Å²) in [5, 5.41) is 6.15. The zero-order valence-corrected chi connectivity index (χ0v) is 11.8. The van der Waals surface area contributed by atoms with Gasteiger partial charge in [0.2, 0.25) is 0 Å². The van der Waals surface area contributed by atoms with Crippen molar-refractivity contribution in [1.29, 1.82) is 0 Å². The Morgan fingerprint density at radius 2 is 2.00 bits per heavy atom. The number of anilines is 3. The Morgan fingerprint density at radius 3 is 2.85 bits per heavy atom. The van der Waals surface area contributed by atoms with Crippen LogP contribution in [0.25, 0.3) is 0 Å². The maximum atomic E-state index is 11.6. The maximum Gasteiger partial charge on any atom is 0.411 e. The topological polar surface area (TPSA) is 50.4 Å². The molecule has 20 heavy (non-hydrogen) atoms. The fraction of sp³-hybridized carbons (Fsp3) is 0.133. The van der Waals surface area contributed by atoms with Crippen LogP contribution in [-0.2, 0) is 4.74 Å². The summed E-state index contributed by atoms with van der Waals surface area (Å²) in [5.74, 6) is 0. The van der Waals surface area contributed by atoms with Crippen molar-refractivity contribution in [3.63, 3.8) is 0 Å². The lowest BCUT2D eigenvalue weighted by atomic mass is 10.2. The zero-order valence-electron chi connectivity index (χ0n) is 11.0. The van der Waals surface area contributed by atoms with E-state index in [-0.39, 0.29) is 0 Å². The normalized spacial score (nSPS) is 11.8. The molecule has 0 aliphatic carbocycles. The number of amides is 1. The summed E-state index contributed by atoms with van der Waals surface area (Å²) in [6, 6.07) is 13.9. The molecule has 0 fully saturated rings. The van der Waals surface area contributed by atoms with Crippen LogP contribution in [0.1, 0.15) is 6.92 Å². The third kappa shape index (κ3) is 2.44. The highest BCUT2D eigenvalue weighted by Gasteiger charge is 2.19. The van der Waals surface area contributed by atoms with Crippen molar-refractivity contribution in [1.82, 2.24) is 0 Å². The molecule has 0 saturated heterocycles. The Balaban J connectivity index is 1.92. The Hall–Kier alpha value is -2.14. The molecule has 1 aliphatic rings. The fourth-order valence-corrected chi connectivity index (χ4v) is 3.09. The predicted molar refractivity (Wildman–Crippen MR) is 80.9 cm³/mol. The minimum atomic E-state index is -0.430. The average Bonchev–Trinajstić information content (AvgIpc) is 2.46. The van der Waals surface area contributed by atoms with E-state index in [2.05, 4.69) is 16.7 Å². The van der Waals surface area contributed by atoms with E-state index < -0.39 is 6.09 Å². The highest BCUT2D eigenvalue weighted by molar-refractivity contribution is 8.00. The van der Waals surface area contributed by atoms with Crippen LogP contribution in [0.5, 0.6) is 0 Å². The summed E-state index contributed by atoms with van der Waals surface area (Å²) in [6.45, 7) is 2.14. The summed E-state index contributed by atoms with van der Waals surface area (Å²) in [6.07, 6.45) is -0.430. The number of hydrogen-bond acceptors (Lipinski definition) is 4. The molecular formula is C15H14N2O2S. The van der Waals surface area contributed by atoms with Gasteiger partial charge in [-0.1, -0.05) is 30.0 Å². The van der Waals surface area contributed by atoms with Crippen molar-refractivity contribution >= 4 is 34.9 Å². The van der Waals surface area contributed by atoms with Crippen LogP contribution in [0.15, 0.2) is 52.3 Å². The first-order valence-electron chi connectivity index (χ1n) is 6.38. The molecule has 0 unspecified atom stereocenters. The van der Waals surface area contributed by atoms with Gasteiger partial charge in [-0.25, -0.2) is 4.79 Å². The quantitative estimate of drug-likeness (QED) is 0.730. The van der Waals surface area contributed by atoms with Crippen molar-refractivity contribution in [2.75, 3.05) is 17.2 Å². The van der Waals surface area contributed by atoms with Gasteiger partial charge in [-0.3, -0.25) is 5.32 Å². The zero-order chi connectivity index (χ0) is 13.9. The monoisotopic (exact) mass is 286 g/mol. The first-order valence-corrected chi connectivity index (χ1v) is 7.20. The van der Waals surface area contributed by atoms with Crippen LogP contribution in [0.2, 0.25) is 0 Å². The van der Waals surface area contributed by atoms with E-state index in [9.17, 15) is 4.79 Å². The summed E-state index contributed by atoms with van der Waals surface area (Å²) in [7, 11) is 0. The van der Waals surface area contributed by atoms with Crippen LogP contribution in [0, 0.1) is 0 Å². The van der Waals surface area contributed by atoms with Gasteiger partial charge in [-0.2, -0.15) is 0 Å². The molecule has 5 heteroatoms. The minimum Gasteiger partial charge on any atom is -0.450 e. The lowest BCUT2D eigenvalue weighted by Gasteiger charge is -2.22. The number of rotatable bonds is 2. The molecule has 0 radical (unpaired) electrons. The molecule has 102 valence electrons. The summed E-state index contributed by atoms with van der Waals surface area (Å²) in [4.78, 5) is 13.7. The molecule has 2 aromatic carbocycles. The molecule has 1 aliphatic heterocycles. The van der Waals surface area contributed by atoms with E-state index in [4.69, 9.17) is 4.74 Å². The van der Waals surface area contributed by atoms with Crippen LogP contribution in [-0.4, -0.2) is 12.7 Å². The van der Waals surface area contributed by atoms with E-state index >= 15 is 0 Å².